The van der Waals surface area contributed by atoms with Crippen LogP contribution in [0.2, 0.25) is 0 Å². The Morgan fingerprint density at radius 3 is 1.94 bits per heavy atom. The Morgan fingerprint density at radius 1 is 0.833 bits per heavy atom. The molecule has 0 fully saturated rings. The SMILES string of the molecule is CC.CC.Cc1ccc(Sc2ccccc2)nc1. The Bertz CT molecular complexity index is 395. The van der Waals surface area contributed by atoms with E-state index in [-0.39, 0.29) is 0 Å². The van der Waals surface area contributed by atoms with E-state index >= 15 is 0 Å². The van der Waals surface area contributed by atoms with Gasteiger partial charge < -0.3 is 0 Å². The van der Waals surface area contributed by atoms with Gasteiger partial charge in [0.15, 0.2) is 0 Å². The Balaban J connectivity index is 0.000000659. The van der Waals surface area contributed by atoms with Crippen LogP contribution in [0.3, 0.4) is 0 Å². The average molecular weight is 261 g/mol. The third kappa shape index (κ3) is 6.45. The molecule has 2 rings (SSSR count). The van der Waals surface area contributed by atoms with Gasteiger partial charge in [0.2, 0.25) is 0 Å². The van der Waals surface area contributed by atoms with E-state index in [1.165, 1.54) is 10.5 Å². The number of hydrogen-bond donors (Lipinski definition) is 0. The van der Waals surface area contributed by atoms with Gasteiger partial charge in [-0.1, -0.05) is 63.7 Å². The van der Waals surface area contributed by atoms with Gasteiger partial charge in [-0.2, -0.15) is 0 Å². The molecule has 0 atom stereocenters. The fraction of sp³-hybridized carbons (Fsp3) is 0.312. The molecule has 1 aromatic heterocycles. The summed E-state index contributed by atoms with van der Waals surface area (Å²) in [6, 6.07) is 14.4. The molecule has 2 heteroatoms. The number of aromatic nitrogens is 1. The monoisotopic (exact) mass is 261 g/mol. The zero-order chi connectivity index (χ0) is 13.8. The van der Waals surface area contributed by atoms with Crippen molar-refractivity contribution < 1.29 is 0 Å². The third-order valence-corrected chi connectivity index (χ3v) is 2.81. The summed E-state index contributed by atoms with van der Waals surface area (Å²) in [4.78, 5) is 5.56. The summed E-state index contributed by atoms with van der Waals surface area (Å²) in [7, 11) is 0. The molecular weight excluding hydrogens is 238 g/mol. The number of pyridine rings is 1. The Morgan fingerprint density at radius 2 is 1.44 bits per heavy atom. The van der Waals surface area contributed by atoms with Crippen LogP contribution in [0.25, 0.3) is 0 Å². The Labute approximate surface area is 116 Å². The molecule has 0 radical (unpaired) electrons. The average Bonchev–Trinajstić information content (AvgIpc) is 2.47. The largest absolute Gasteiger partial charge is 0.249 e. The first-order valence-electron chi connectivity index (χ1n) is 6.50. The molecule has 1 heterocycles. The first kappa shape index (κ1) is 16.7. The predicted molar refractivity (Wildman–Crippen MR) is 82.2 cm³/mol. The second kappa shape index (κ2) is 10.8. The normalized spacial score (nSPS) is 8.50. The van der Waals surface area contributed by atoms with Crippen LogP contribution in [0.5, 0.6) is 0 Å². The first-order chi connectivity index (χ1) is 8.84. The first-order valence-corrected chi connectivity index (χ1v) is 7.32. The van der Waals surface area contributed by atoms with E-state index in [1.54, 1.807) is 11.8 Å². The summed E-state index contributed by atoms with van der Waals surface area (Å²) < 4.78 is 0. The van der Waals surface area contributed by atoms with Gasteiger partial charge in [-0.25, -0.2) is 4.98 Å². The van der Waals surface area contributed by atoms with Gasteiger partial charge in [0, 0.05) is 11.1 Å². The second-order valence-corrected chi connectivity index (χ2v) is 4.18. The summed E-state index contributed by atoms with van der Waals surface area (Å²) >= 11 is 1.69. The van der Waals surface area contributed by atoms with Crippen molar-refractivity contribution in [2.75, 3.05) is 0 Å². The minimum atomic E-state index is 1.04. The van der Waals surface area contributed by atoms with Crippen LogP contribution in [0.4, 0.5) is 0 Å². The van der Waals surface area contributed by atoms with E-state index in [9.17, 15) is 0 Å². The van der Waals surface area contributed by atoms with Crippen molar-refractivity contribution in [1.29, 1.82) is 0 Å². The quantitative estimate of drug-likeness (QED) is 0.698. The third-order valence-electron chi connectivity index (χ3n) is 1.85. The number of nitrogens with zero attached hydrogens (tertiary/aromatic N) is 1. The van der Waals surface area contributed by atoms with Crippen molar-refractivity contribution in [2.45, 2.75) is 44.5 Å². The zero-order valence-corrected chi connectivity index (χ0v) is 12.8. The van der Waals surface area contributed by atoms with Gasteiger partial charge in [-0.05, 0) is 30.7 Å². The number of aryl methyl sites for hydroxylation is 1. The van der Waals surface area contributed by atoms with Crippen LogP contribution in [0.1, 0.15) is 33.3 Å². The smallest absolute Gasteiger partial charge is 0.101 e. The number of hydrogen-bond acceptors (Lipinski definition) is 2. The molecule has 0 saturated carbocycles. The fourth-order valence-electron chi connectivity index (χ4n) is 1.12. The van der Waals surface area contributed by atoms with E-state index < -0.39 is 0 Å². The van der Waals surface area contributed by atoms with Crippen molar-refractivity contribution in [3.63, 3.8) is 0 Å². The molecule has 0 aliphatic carbocycles. The maximum atomic E-state index is 4.34. The molecule has 0 N–H and O–H groups in total. The predicted octanol–water partition coefficient (Wildman–Crippen LogP) is 5.59. The van der Waals surface area contributed by atoms with Crippen molar-refractivity contribution in [2.24, 2.45) is 0 Å². The van der Waals surface area contributed by atoms with E-state index in [2.05, 4.69) is 23.2 Å². The molecule has 98 valence electrons. The number of benzene rings is 1. The molecule has 1 nitrogen and oxygen atoms in total. The van der Waals surface area contributed by atoms with Crippen LogP contribution in [-0.4, -0.2) is 4.98 Å². The summed E-state index contributed by atoms with van der Waals surface area (Å²) in [6.45, 7) is 10.0. The fourth-order valence-corrected chi connectivity index (χ4v) is 1.90. The lowest BCUT2D eigenvalue weighted by Gasteiger charge is -2.00. The van der Waals surface area contributed by atoms with Gasteiger partial charge in [-0.15, -0.1) is 0 Å². The molecule has 0 saturated heterocycles. The minimum absolute atomic E-state index is 1.04. The highest BCUT2D eigenvalue weighted by atomic mass is 32.2. The molecule has 0 bridgehead atoms. The van der Waals surface area contributed by atoms with Crippen molar-refractivity contribution in [3.8, 4) is 0 Å². The van der Waals surface area contributed by atoms with Crippen molar-refractivity contribution in [3.05, 3.63) is 54.2 Å². The molecule has 0 aliphatic rings. The Hall–Kier alpha value is -1.28. The standard InChI is InChI=1S/C12H11NS.2C2H6/c1-10-7-8-12(13-9-10)14-11-5-3-2-4-6-11;2*1-2/h2-9H,1H3;2*1-2H3. The molecule has 0 amide bonds. The van der Waals surface area contributed by atoms with Gasteiger partial charge in [0.05, 0.1) is 0 Å². The Kier molecular flexibility index (Phi) is 10.1. The van der Waals surface area contributed by atoms with Crippen molar-refractivity contribution in [1.82, 2.24) is 4.98 Å². The topological polar surface area (TPSA) is 12.9 Å². The lowest BCUT2D eigenvalue weighted by atomic mass is 10.3. The van der Waals surface area contributed by atoms with Gasteiger partial charge in [0.1, 0.15) is 5.03 Å². The van der Waals surface area contributed by atoms with Crippen LogP contribution in [-0.2, 0) is 0 Å². The zero-order valence-electron chi connectivity index (χ0n) is 12.0. The van der Waals surface area contributed by atoms with Gasteiger partial charge in [0.25, 0.3) is 0 Å². The van der Waals surface area contributed by atoms with Crippen LogP contribution < -0.4 is 0 Å². The van der Waals surface area contributed by atoms with Crippen molar-refractivity contribution >= 4 is 11.8 Å². The minimum Gasteiger partial charge on any atom is -0.249 e. The van der Waals surface area contributed by atoms with Gasteiger partial charge in [-0.3, -0.25) is 0 Å². The molecule has 0 aliphatic heterocycles. The van der Waals surface area contributed by atoms with E-state index in [1.807, 2.05) is 65.1 Å². The number of rotatable bonds is 2. The highest BCUT2D eigenvalue weighted by Crippen LogP contribution is 2.24. The van der Waals surface area contributed by atoms with Gasteiger partial charge >= 0.3 is 0 Å². The molecule has 0 unspecified atom stereocenters. The van der Waals surface area contributed by atoms with Crippen LogP contribution >= 0.6 is 11.8 Å². The maximum Gasteiger partial charge on any atom is 0.101 e. The van der Waals surface area contributed by atoms with Crippen LogP contribution in [0, 0.1) is 6.92 Å². The summed E-state index contributed by atoms with van der Waals surface area (Å²) in [5, 5.41) is 1.04. The molecular formula is C16H23NS. The summed E-state index contributed by atoms with van der Waals surface area (Å²) in [5.41, 5.74) is 1.20. The molecule has 2 aromatic rings. The highest BCUT2D eigenvalue weighted by Gasteiger charge is 1.96. The van der Waals surface area contributed by atoms with Crippen LogP contribution in [0.15, 0.2) is 58.6 Å². The second-order valence-electron chi connectivity index (χ2n) is 3.09. The maximum absolute atomic E-state index is 4.34. The summed E-state index contributed by atoms with van der Waals surface area (Å²) in [5.74, 6) is 0. The van der Waals surface area contributed by atoms with E-state index in [4.69, 9.17) is 0 Å². The van der Waals surface area contributed by atoms with E-state index in [0.717, 1.165) is 5.03 Å². The lowest BCUT2D eigenvalue weighted by molar-refractivity contribution is 1.11. The highest BCUT2D eigenvalue weighted by molar-refractivity contribution is 7.99. The molecule has 0 spiro atoms. The molecule has 18 heavy (non-hydrogen) atoms. The van der Waals surface area contributed by atoms with E-state index in [0.29, 0.717) is 0 Å². The summed E-state index contributed by atoms with van der Waals surface area (Å²) in [6.07, 6.45) is 1.89. The molecule has 1 aromatic carbocycles. The lowest BCUT2D eigenvalue weighted by Crippen LogP contribution is -1.80.